The fourth-order valence-corrected chi connectivity index (χ4v) is 2.76. The lowest BCUT2D eigenvalue weighted by Crippen LogP contribution is -2.18. The van der Waals surface area contributed by atoms with Crippen molar-refractivity contribution in [3.05, 3.63) is 41.9 Å². The van der Waals surface area contributed by atoms with Gasteiger partial charge in [-0.25, -0.2) is 4.98 Å². The van der Waals surface area contributed by atoms with Gasteiger partial charge in [0.25, 0.3) is 5.91 Å². The largest absolute Gasteiger partial charge is 0.496 e. The topological polar surface area (TPSA) is 90.6 Å². The number of nitrogens with zero attached hydrogens (tertiary/aromatic N) is 3. The first kappa shape index (κ1) is 16.2. The van der Waals surface area contributed by atoms with Crippen LogP contribution in [0.25, 0.3) is 0 Å². The van der Waals surface area contributed by atoms with Gasteiger partial charge in [0.15, 0.2) is 0 Å². The van der Waals surface area contributed by atoms with Gasteiger partial charge in [-0.15, -0.1) is 0 Å². The van der Waals surface area contributed by atoms with Crippen LogP contribution in [-0.4, -0.2) is 41.0 Å². The molecule has 1 aliphatic heterocycles. The molecule has 0 atom stereocenters. The van der Waals surface area contributed by atoms with Crippen molar-refractivity contribution in [1.29, 1.82) is 0 Å². The number of rotatable bonds is 6. The van der Waals surface area contributed by atoms with E-state index in [2.05, 4.69) is 14.9 Å². The van der Waals surface area contributed by atoms with Gasteiger partial charge in [-0.05, 0) is 44.1 Å². The minimum Gasteiger partial charge on any atom is -0.496 e. The molecule has 1 aliphatic rings. The SMILES string of the molecule is COc1ccc(Oc2cncc(C(N)=O)n2)cc1CN1CCCC1. The molecule has 126 valence electrons. The molecule has 2 N–H and O–H groups in total. The van der Waals surface area contributed by atoms with Crippen molar-refractivity contribution in [1.82, 2.24) is 14.9 Å². The Hall–Kier alpha value is -2.67. The minimum atomic E-state index is -0.641. The van der Waals surface area contributed by atoms with E-state index in [4.69, 9.17) is 15.2 Å². The summed E-state index contributed by atoms with van der Waals surface area (Å²) < 4.78 is 11.2. The number of hydrogen-bond acceptors (Lipinski definition) is 6. The number of carbonyl (C=O) groups excluding carboxylic acids is 1. The Kier molecular flexibility index (Phi) is 4.90. The maximum absolute atomic E-state index is 11.2. The van der Waals surface area contributed by atoms with Gasteiger partial charge in [0, 0.05) is 12.1 Å². The summed E-state index contributed by atoms with van der Waals surface area (Å²) >= 11 is 0. The zero-order valence-corrected chi connectivity index (χ0v) is 13.6. The van der Waals surface area contributed by atoms with Crippen LogP contribution in [0.4, 0.5) is 0 Å². The van der Waals surface area contributed by atoms with Crippen molar-refractivity contribution in [2.24, 2.45) is 5.73 Å². The van der Waals surface area contributed by atoms with Crippen LogP contribution in [0.1, 0.15) is 28.9 Å². The van der Waals surface area contributed by atoms with E-state index in [0.29, 0.717) is 5.75 Å². The summed E-state index contributed by atoms with van der Waals surface area (Å²) in [5.74, 6) is 1.02. The molecule has 0 radical (unpaired) electrons. The fraction of sp³-hybridized carbons (Fsp3) is 0.353. The van der Waals surface area contributed by atoms with Crippen LogP contribution in [0, 0.1) is 0 Å². The number of carbonyl (C=O) groups is 1. The molecule has 0 bridgehead atoms. The van der Waals surface area contributed by atoms with Crippen LogP contribution in [0.2, 0.25) is 0 Å². The van der Waals surface area contributed by atoms with Gasteiger partial charge in [-0.1, -0.05) is 0 Å². The summed E-state index contributed by atoms with van der Waals surface area (Å²) in [4.78, 5) is 21.5. The third-order valence-corrected chi connectivity index (χ3v) is 3.93. The lowest BCUT2D eigenvalue weighted by atomic mass is 10.1. The number of methoxy groups -OCH3 is 1. The highest BCUT2D eigenvalue weighted by atomic mass is 16.5. The molecule has 1 fully saturated rings. The fourth-order valence-electron chi connectivity index (χ4n) is 2.76. The molecule has 1 saturated heterocycles. The molecular weight excluding hydrogens is 308 g/mol. The maximum atomic E-state index is 11.2. The highest BCUT2D eigenvalue weighted by molar-refractivity contribution is 5.90. The van der Waals surface area contributed by atoms with Crippen molar-refractivity contribution in [2.75, 3.05) is 20.2 Å². The molecule has 24 heavy (non-hydrogen) atoms. The zero-order chi connectivity index (χ0) is 16.9. The van der Waals surface area contributed by atoms with Crippen molar-refractivity contribution in [3.63, 3.8) is 0 Å². The third kappa shape index (κ3) is 3.80. The van der Waals surface area contributed by atoms with E-state index >= 15 is 0 Å². The Morgan fingerprint density at radius 3 is 2.79 bits per heavy atom. The lowest BCUT2D eigenvalue weighted by molar-refractivity contribution is 0.0994. The molecule has 1 aromatic carbocycles. The van der Waals surface area contributed by atoms with Gasteiger partial charge in [-0.3, -0.25) is 14.7 Å². The Labute approximate surface area is 140 Å². The molecule has 2 aromatic rings. The van der Waals surface area contributed by atoms with E-state index in [9.17, 15) is 4.79 Å². The number of benzene rings is 1. The normalized spacial score (nSPS) is 14.5. The van der Waals surface area contributed by atoms with Gasteiger partial charge in [0.05, 0.1) is 19.5 Å². The first-order valence-corrected chi connectivity index (χ1v) is 7.84. The third-order valence-electron chi connectivity index (χ3n) is 3.93. The Morgan fingerprint density at radius 1 is 1.29 bits per heavy atom. The van der Waals surface area contributed by atoms with Crippen LogP contribution in [-0.2, 0) is 6.54 Å². The van der Waals surface area contributed by atoms with E-state index in [1.165, 1.54) is 25.2 Å². The molecule has 0 aliphatic carbocycles. The number of amides is 1. The average Bonchev–Trinajstić information content (AvgIpc) is 3.08. The van der Waals surface area contributed by atoms with E-state index in [1.54, 1.807) is 13.2 Å². The Bertz CT molecular complexity index is 730. The van der Waals surface area contributed by atoms with Gasteiger partial charge in [-0.2, -0.15) is 0 Å². The van der Waals surface area contributed by atoms with Gasteiger partial charge in [0.2, 0.25) is 5.88 Å². The van der Waals surface area contributed by atoms with E-state index < -0.39 is 5.91 Å². The zero-order valence-electron chi connectivity index (χ0n) is 13.6. The first-order valence-electron chi connectivity index (χ1n) is 7.84. The summed E-state index contributed by atoms with van der Waals surface area (Å²) in [6.07, 6.45) is 5.21. The van der Waals surface area contributed by atoms with Crippen molar-refractivity contribution in [3.8, 4) is 17.4 Å². The van der Waals surface area contributed by atoms with E-state index in [0.717, 1.165) is 30.9 Å². The Balaban J connectivity index is 1.80. The number of aromatic nitrogens is 2. The molecule has 7 nitrogen and oxygen atoms in total. The van der Waals surface area contributed by atoms with Crippen molar-refractivity contribution >= 4 is 5.91 Å². The number of primary amides is 1. The van der Waals surface area contributed by atoms with E-state index in [-0.39, 0.29) is 11.6 Å². The van der Waals surface area contributed by atoms with Crippen LogP contribution >= 0.6 is 0 Å². The summed E-state index contributed by atoms with van der Waals surface area (Å²) in [5.41, 5.74) is 6.33. The summed E-state index contributed by atoms with van der Waals surface area (Å²) in [6, 6.07) is 5.59. The van der Waals surface area contributed by atoms with Crippen LogP contribution in [0.15, 0.2) is 30.6 Å². The minimum absolute atomic E-state index is 0.0679. The first-order chi connectivity index (χ1) is 11.7. The molecule has 0 unspecified atom stereocenters. The monoisotopic (exact) mass is 328 g/mol. The molecule has 2 heterocycles. The summed E-state index contributed by atoms with van der Waals surface area (Å²) in [5, 5.41) is 0. The Morgan fingerprint density at radius 2 is 2.08 bits per heavy atom. The maximum Gasteiger partial charge on any atom is 0.269 e. The lowest BCUT2D eigenvalue weighted by Gasteiger charge is -2.17. The standard InChI is InChI=1S/C17H20N4O3/c1-23-15-5-4-13(8-12(15)11-21-6-2-3-7-21)24-16-10-19-9-14(20-16)17(18)22/h4-5,8-10H,2-3,6-7,11H2,1H3,(H2,18,22). The molecule has 0 saturated carbocycles. The second kappa shape index (κ2) is 7.27. The van der Waals surface area contributed by atoms with E-state index in [1.807, 2.05) is 12.1 Å². The number of ether oxygens (including phenoxy) is 2. The number of nitrogens with two attached hydrogens (primary N) is 1. The molecule has 1 amide bonds. The molecular formula is C17H20N4O3. The summed E-state index contributed by atoms with van der Waals surface area (Å²) in [7, 11) is 1.66. The highest BCUT2D eigenvalue weighted by Gasteiger charge is 2.15. The molecule has 7 heteroatoms. The predicted molar refractivity (Wildman–Crippen MR) is 88.1 cm³/mol. The van der Waals surface area contributed by atoms with Crippen molar-refractivity contribution < 1.29 is 14.3 Å². The van der Waals surface area contributed by atoms with Crippen LogP contribution < -0.4 is 15.2 Å². The number of likely N-dealkylation sites (tertiary alicyclic amines) is 1. The quantitative estimate of drug-likeness (QED) is 0.872. The second-order valence-electron chi connectivity index (χ2n) is 5.67. The van der Waals surface area contributed by atoms with Gasteiger partial charge >= 0.3 is 0 Å². The summed E-state index contributed by atoms with van der Waals surface area (Å²) in [6.45, 7) is 3.01. The highest BCUT2D eigenvalue weighted by Crippen LogP contribution is 2.28. The van der Waals surface area contributed by atoms with Crippen molar-refractivity contribution in [2.45, 2.75) is 19.4 Å². The smallest absolute Gasteiger partial charge is 0.269 e. The van der Waals surface area contributed by atoms with Gasteiger partial charge in [0.1, 0.15) is 17.2 Å². The van der Waals surface area contributed by atoms with Crippen LogP contribution in [0.3, 0.4) is 0 Å². The molecule has 1 aromatic heterocycles. The van der Waals surface area contributed by atoms with Crippen LogP contribution in [0.5, 0.6) is 17.4 Å². The average molecular weight is 328 g/mol. The van der Waals surface area contributed by atoms with Gasteiger partial charge < -0.3 is 15.2 Å². The number of hydrogen-bond donors (Lipinski definition) is 1. The molecule has 0 spiro atoms. The predicted octanol–water partition coefficient (Wildman–Crippen LogP) is 1.97. The second-order valence-corrected chi connectivity index (χ2v) is 5.67. The molecule has 3 rings (SSSR count).